The molecule has 240 valence electrons. The van der Waals surface area contributed by atoms with E-state index in [0.717, 1.165) is 15.1 Å². The summed E-state index contributed by atoms with van der Waals surface area (Å²) >= 11 is 5.25. The molecule has 0 radical (unpaired) electrons. The summed E-state index contributed by atoms with van der Waals surface area (Å²) in [6.45, 7) is 0.351. The van der Waals surface area contributed by atoms with Gasteiger partial charge in [-0.1, -0.05) is 54.1 Å². The molecule has 0 atom stereocenters. The van der Waals surface area contributed by atoms with Crippen LogP contribution < -0.4 is 21.2 Å². The van der Waals surface area contributed by atoms with Crippen molar-refractivity contribution >= 4 is 34.4 Å². The lowest BCUT2D eigenvalue weighted by atomic mass is 10.3. The van der Waals surface area contributed by atoms with Crippen molar-refractivity contribution in [2.75, 3.05) is 23.9 Å². The molecule has 6 rings (SSSR count). The van der Waals surface area contributed by atoms with Crippen molar-refractivity contribution in [3.63, 3.8) is 0 Å². The maximum Gasteiger partial charge on any atom is 0.372 e. The van der Waals surface area contributed by atoms with Gasteiger partial charge in [-0.3, -0.25) is 9.69 Å². The lowest BCUT2D eigenvalue weighted by Gasteiger charge is -2.15. The van der Waals surface area contributed by atoms with Crippen LogP contribution in [0, 0.1) is 0 Å². The van der Waals surface area contributed by atoms with E-state index in [9.17, 15) is 19.2 Å². The normalized spacial score (nSPS) is 9.98. The summed E-state index contributed by atoms with van der Waals surface area (Å²) in [7, 11) is 3.19. The van der Waals surface area contributed by atoms with Gasteiger partial charge in [-0.2, -0.15) is 9.36 Å². The van der Waals surface area contributed by atoms with Crippen molar-refractivity contribution in [1.29, 1.82) is 0 Å². The Balaban J connectivity index is 0.000000204. The molecule has 2 amide bonds. The first kappa shape index (κ1) is 34.3. The molecular weight excluding hydrogens is 624 g/mol. The maximum atomic E-state index is 12.3. The predicted octanol–water partition coefficient (Wildman–Crippen LogP) is 2.70. The van der Waals surface area contributed by atoms with Gasteiger partial charge in [0.25, 0.3) is 0 Å². The average molecular weight is 653 g/mol. The number of hydrogen-bond acceptors (Lipinski definition) is 12. The molecule has 0 unspecified atom stereocenters. The Morgan fingerprint density at radius 2 is 1.28 bits per heavy atom. The summed E-state index contributed by atoms with van der Waals surface area (Å²) < 4.78 is 12.1. The van der Waals surface area contributed by atoms with Crippen LogP contribution in [0.3, 0.4) is 0 Å². The molecule has 0 spiro atoms. The van der Waals surface area contributed by atoms with E-state index < -0.39 is 17.1 Å². The molecule has 4 aromatic heterocycles. The number of benzene rings is 2. The number of halogens is 1. The number of hydrogen-bond donors (Lipinski definition) is 1. The number of aromatic amines is 1. The molecule has 46 heavy (non-hydrogen) atoms. The molecule has 18 nitrogen and oxygen atoms in total. The van der Waals surface area contributed by atoms with Crippen LogP contribution in [0.15, 0.2) is 104 Å². The first-order chi connectivity index (χ1) is 21.7. The highest BCUT2D eigenvalue weighted by molar-refractivity contribution is 6.66. The standard InChI is InChI=1S/C13H12N6O3.C8H8ClNO.C5H5N5O2.CH4/c1-17(11-5-3-2-4-6-11)12(20)19-13(21)18(15-16-19)9-10-7-8-22-14-10;1-10(8(9)11)7-5-3-2-4-6-7;11-5-6-8-9-10(5)3-4-1-2-12-7-4;/h2-8H,9H2,1H3;2-6H,1H3;1-2H,3H2,(H,6,9,11);1H4. The number of nitrogens with zero attached hydrogens (tertiary/aromatic N) is 11. The monoisotopic (exact) mass is 652 g/mol. The van der Waals surface area contributed by atoms with Gasteiger partial charge in [0.1, 0.15) is 23.9 Å². The van der Waals surface area contributed by atoms with E-state index in [1.165, 1.54) is 22.3 Å². The van der Waals surface area contributed by atoms with Gasteiger partial charge in [0, 0.05) is 37.6 Å². The molecule has 4 heterocycles. The lowest BCUT2D eigenvalue weighted by molar-refractivity contribution is 0.245. The highest BCUT2D eigenvalue weighted by Gasteiger charge is 2.19. The zero-order valence-electron chi connectivity index (χ0n) is 23.7. The topological polar surface area (TPSA) is 209 Å². The SMILES string of the molecule is C.CN(C(=O)Cl)c1ccccc1.CN(C(=O)n1nnn(Cc2ccon2)c1=O)c1ccccc1.O=c1[nH]nnn1Cc1ccon1. The molecule has 1 N–H and O–H groups in total. The second-order valence-electron chi connectivity index (χ2n) is 8.80. The highest BCUT2D eigenvalue weighted by Crippen LogP contribution is 2.13. The first-order valence-corrected chi connectivity index (χ1v) is 13.2. The molecule has 0 saturated carbocycles. The van der Waals surface area contributed by atoms with Crippen molar-refractivity contribution in [1.82, 2.24) is 50.3 Å². The van der Waals surface area contributed by atoms with Gasteiger partial charge in [-0.15, -0.1) is 4.68 Å². The lowest BCUT2D eigenvalue weighted by Crippen LogP contribution is -2.39. The molecule has 6 aromatic rings. The molecule has 2 aromatic carbocycles. The zero-order valence-corrected chi connectivity index (χ0v) is 24.5. The number of nitrogens with one attached hydrogen (secondary N) is 1. The van der Waals surface area contributed by atoms with Crippen molar-refractivity contribution < 1.29 is 18.6 Å². The molecule has 0 fully saturated rings. The van der Waals surface area contributed by atoms with E-state index >= 15 is 0 Å². The number of carbonyl (C=O) groups excluding carboxylic acids is 2. The number of H-pyrrole nitrogens is 1. The van der Waals surface area contributed by atoms with Gasteiger partial charge < -0.3 is 13.9 Å². The number of carbonyl (C=O) groups is 2. The summed E-state index contributed by atoms with van der Waals surface area (Å²) in [5, 5.41) is 23.1. The van der Waals surface area contributed by atoms with Gasteiger partial charge in [0.05, 0.1) is 13.1 Å². The molecule has 0 aliphatic heterocycles. The summed E-state index contributed by atoms with van der Waals surface area (Å²) in [5.41, 5.74) is 1.58. The van der Waals surface area contributed by atoms with Crippen molar-refractivity contribution in [2.45, 2.75) is 20.5 Å². The minimum Gasteiger partial charge on any atom is -0.364 e. The average Bonchev–Trinajstić information content (AvgIpc) is 3.90. The second kappa shape index (κ2) is 16.6. The smallest absolute Gasteiger partial charge is 0.364 e. The third-order valence-electron chi connectivity index (χ3n) is 5.80. The van der Waals surface area contributed by atoms with Crippen LogP contribution in [0.2, 0.25) is 0 Å². The number of amides is 2. The molecule has 19 heteroatoms. The largest absolute Gasteiger partial charge is 0.372 e. The van der Waals surface area contributed by atoms with E-state index in [1.54, 1.807) is 50.5 Å². The Morgan fingerprint density at radius 1 is 0.761 bits per heavy atom. The van der Waals surface area contributed by atoms with E-state index in [-0.39, 0.29) is 26.2 Å². The van der Waals surface area contributed by atoms with E-state index in [2.05, 4.69) is 45.3 Å². The van der Waals surface area contributed by atoms with Crippen LogP contribution in [-0.4, -0.2) is 75.8 Å². The Hall–Kier alpha value is -6.17. The number of tetrazole rings is 2. The first-order valence-electron chi connectivity index (χ1n) is 12.9. The number of para-hydroxylation sites is 2. The summed E-state index contributed by atoms with van der Waals surface area (Å²) in [4.78, 5) is 48.7. The highest BCUT2D eigenvalue weighted by atomic mass is 35.5. The quantitative estimate of drug-likeness (QED) is 0.156. The molecular formula is C27H29ClN12O6. The molecule has 0 aliphatic rings. The van der Waals surface area contributed by atoms with E-state index in [0.29, 0.717) is 21.8 Å². The van der Waals surface area contributed by atoms with Crippen LogP contribution in [-0.2, 0) is 13.1 Å². The Labute approximate surface area is 265 Å². The molecule has 0 bridgehead atoms. The van der Waals surface area contributed by atoms with Crippen LogP contribution >= 0.6 is 11.6 Å². The Bertz CT molecular complexity index is 1880. The van der Waals surface area contributed by atoms with Gasteiger partial charge in [-0.05, 0) is 56.7 Å². The summed E-state index contributed by atoms with van der Waals surface area (Å²) in [6.07, 6.45) is 2.82. The van der Waals surface area contributed by atoms with Gasteiger partial charge in [0.2, 0.25) is 0 Å². The number of anilines is 2. The number of aromatic nitrogens is 10. The van der Waals surface area contributed by atoms with Crippen LogP contribution in [0.5, 0.6) is 0 Å². The van der Waals surface area contributed by atoms with Gasteiger partial charge >= 0.3 is 22.8 Å². The Morgan fingerprint density at radius 3 is 1.74 bits per heavy atom. The van der Waals surface area contributed by atoms with Crippen molar-refractivity contribution in [3.8, 4) is 0 Å². The third kappa shape index (κ3) is 9.16. The van der Waals surface area contributed by atoms with Crippen LogP contribution in [0.1, 0.15) is 18.8 Å². The van der Waals surface area contributed by atoms with Crippen molar-refractivity contribution in [2.24, 2.45) is 0 Å². The van der Waals surface area contributed by atoms with Crippen molar-refractivity contribution in [3.05, 3.63) is 118 Å². The fraction of sp³-hybridized carbons (Fsp3) is 0.185. The predicted molar refractivity (Wildman–Crippen MR) is 165 cm³/mol. The maximum absolute atomic E-state index is 12.3. The van der Waals surface area contributed by atoms with E-state index in [1.807, 2.05) is 36.4 Å². The second-order valence-corrected chi connectivity index (χ2v) is 9.12. The zero-order chi connectivity index (χ0) is 32.2. The summed E-state index contributed by atoms with van der Waals surface area (Å²) in [6, 6.07) is 20.8. The minimum atomic E-state index is -0.643. The Kier molecular flexibility index (Phi) is 12.4. The van der Waals surface area contributed by atoms with E-state index in [4.69, 9.17) is 11.6 Å². The molecule has 0 aliphatic carbocycles. The van der Waals surface area contributed by atoms with Crippen LogP contribution in [0.4, 0.5) is 21.0 Å². The van der Waals surface area contributed by atoms with Gasteiger partial charge in [0.15, 0.2) is 0 Å². The fourth-order valence-corrected chi connectivity index (χ4v) is 3.51. The van der Waals surface area contributed by atoms with Gasteiger partial charge in [-0.25, -0.2) is 19.5 Å². The minimum absolute atomic E-state index is 0. The third-order valence-corrected chi connectivity index (χ3v) is 6.05. The molecule has 0 saturated heterocycles. The summed E-state index contributed by atoms with van der Waals surface area (Å²) in [5.74, 6) is 0. The van der Waals surface area contributed by atoms with Crippen LogP contribution in [0.25, 0.3) is 0 Å². The fourth-order valence-electron chi connectivity index (χ4n) is 3.42. The number of rotatable bonds is 6.